The maximum absolute atomic E-state index is 13.2. The number of halogens is 2. The monoisotopic (exact) mass is 513 g/mol. The van der Waals surface area contributed by atoms with Gasteiger partial charge in [-0.2, -0.15) is 0 Å². The zero-order valence-electron chi connectivity index (χ0n) is 19.2. The van der Waals surface area contributed by atoms with Crippen molar-refractivity contribution in [3.63, 3.8) is 0 Å². The molecule has 4 rings (SSSR count). The Hall–Kier alpha value is -3.29. The van der Waals surface area contributed by atoms with Gasteiger partial charge in [0.05, 0.1) is 34.6 Å². The minimum absolute atomic E-state index is 0.0123. The van der Waals surface area contributed by atoms with Crippen LogP contribution in [0.4, 0.5) is 0 Å². The number of hydrogen-bond donors (Lipinski definition) is 1. The van der Waals surface area contributed by atoms with Crippen LogP contribution in [0.2, 0.25) is 10.0 Å². The lowest BCUT2D eigenvalue weighted by Gasteiger charge is -2.25. The van der Waals surface area contributed by atoms with Crippen LogP contribution in [0, 0.1) is 0 Å². The van der Waals surface area contributed by atoms with E-state index in [0.29, 0.717) is 53.0 Å². The van der Waals surface area contributed by atoms with Crippen LogP contribution >= 0.6 is 23.2 Å². The van der Waals surface area contributed by atoms with Gasteiger partial charge in [-0.25, -0.2) is 4.98 Å². The SMILES string of the molecule is CCCOc1ccc(C(O)=C2C(=O)C(=O)N(CCCn3ccnc3)[C@H]2c2ccc(Cl)c(Cl)c2)cc1. The first-order chi connectivity index (χ1) is 16.9. The zero-order chi connectivity index (χ0) is 24.9. The molecule has 2 heterocycles. The number of aliphatic hydroxyl groups excluding tert-OH is 1. The van der Waals surface area contributed by atoms with Crippen molar-refractivity contribution >= 4 is 40.7 Å². The highest BCUT2D eigenvalue weighted by Gasteiger charge is 2.45. The summed E-state index contributed by atoms with van der Waals surface area (Å²) in [6.07, 6.45) is 6.66. The number of aromatic nitrogens is 2. The smallest absolute Gasteiger partial charge is 0.295 e. The van der Waals surface area contributed by atoms with Crippen LogP contribution in [-0.2, 0) is 16.1 Å². The van der Waals surface area contributed by atoms with Crippen molar-refractivity contribution in [2.75, 3.05) is 13.2 Å². The van der Waals surface area contributed by atoms with E-state index in [0.717, 1.165) is 6.42 Å². The van der Waals surface area contributed by atoms with E-state index >= 15 is 0 Å². The molecule has 9 heteroatoms. The van der Waals surface area contributed by atoms with E-state index in [1.807, 2.05) is 17.7 Å². The third-order valence-corrected chi connectivity index (χ3v) is 6.51. The van der Waals surface area contributed by atoms with Crippen LogP contribution in [0.5, 0.6) is 5.75 Å². The summed E-state index contributed by atoms with van der Waals surface area (Å²) in [5, 5.41) is 11.8. The first kappa shape index (κ1) is 24.8. The predicted molar refractivity (Wildman–Crippen MR) is 135 cm³/mol. The second-order valence-corrected chi connectivity index (χ2v) is 9.01. The number of imidazole rings is 1. The summed E-state index contributed by atoms with van der Waals surface area (Å²) < 4.78 is 7.50. The molecule has 7 nitrogen and oxygen atoms in total. The molecule has 3 aromatic rings. The molecule has 2 aromatic carbocycles. The molecule has 0 saturated carbocycles. The molecule has 0 unspecified atom stereocenters. The molecule has 182 valence electrons. The third-order valence-electron chi connectivity index (χ3n) is 5.77. The summed E-state index contributed by atoms with van der Waals surface area (Å²) >= 11 is 12.4. The summed E-state index contributed by atoms with van der Waals surface area (Å²) in [4.78, 5) is 31.7. The second kappa shape index (κ2) is 11.0. The van der Waals surface area contributed by atoms with Gasteiger partial charge in [0.25, 0.3) is 11.7 Å². The number of rotatable bonds is 9. The molecule has 0 radical (unpaired) electrons. The molecule has 0 bridgehead atoms. The summed E-state index contributed by atoms with van der Waals surface area (Å²) in [5.74, 6) is -1.01. The normalized spacial score (nSPS) is 17.2. The van der Waals surface area contributed by atoms with Gasteiger partial charge in [0.1, 0.15) is 11.5 Å². The molecule has 1 aliphatic rings. The van der Waals surface area contributed by atoms with Crippen molar-refractivity contribution < 1.29 is 19.4 Å². The fourth-order valence-corrected chi connectivity index (χ4v) is 4.37. The molecular formula is C26H25Cl2N3O4. The Bertz CT molecular complexity index is 1240. The maximum Gasteiger partial charge on any atom is 0.295 e. The van der Waals surface area contributed by atoms with Gasteiger partial charge in [0.2, 0.25) is 0 Å². The average molecular weight is 514 g/mol. The Morgan fingerprint density at radius 3 is 2.51 bits per heavy atom. The van der Waals surface area contributed by atoms with Crippen molar-refractivity contribution in [1.82, 2.24) is 14.5 Å². The topological polar surface area (TPSA) is 84.7 Å². The number of carbonyl (C=O) groups is 2. The average Bonchev–Trinajstić information content (AvgIpc) is 3.47. The Kier molecular flexibility index (Phi) is 7.78. The Morgan fingerprint density at radius 2 is 1.86 bits per heavy atom. The van der Waals surface area contributed by atoms with Gasteiger partial charge in [0, 0.05) is 31.0 Å². The van der Waals surface area contributed by atoms with E-state index in [4.69, 9.17) is 27.9 Å². The van der Waals surface area contributed by atoms with Crippen LogP contribution < -0.4 is 4.74 Å². The van der Waals surface area contributed by atoms with Gasteiger partial charge >= 0.3 is 0 Å². The number of ether oxygens (including phenoxy) is 1. The van der Waals surface area contributed by atoms with E-state index in [-0.39, 0.29) is 11.3 Å². The van der Waals surface area contributed by atoms with Gasteiger partial charge in [-0.1, -0.05) is 36.2 Å². The summed E-state index contributed by atoms with van der Waals surface area (Å²) in [5.41, 5.74) is 1.01. The fourth-order valence-electron chi connectivity index (χ4n) is 4.07. The van der Waals surface area contributed by atoms with Crippen LogP contribution in [-0.4, -0.2) is 44.4 Å². The highest BCUT2D eigenvalue weighted by atomic mass is 35.5. The number of aryl methyl sites for hydroxylation is 1. The first-order valence-corrected chi connectivity index (χ1v) is 12.1. The lowest BCUT2D eigenvalue weighted by Crippen LogP contribution is -2.31. The summed E-state index contributed by atoms with van der Waals surface area (Å²) in [7, 11) is 0. The van der Waals surface area contributed by atoms with E-state index in [1.165, 1.54) is 4.90 Å². The highest BCUT2D eigenvalue weighted by molar-refractivity contribution is 6.46. The van der Waals surface area contributed by atoms with Crippen molar-refractivity contribution in [3.05, 3.63) is 87.9 Å². The molecule has 1 N–H and O–H groups in total. The van der Waals surface area contributed by atoms with Crippen molar-refractivity contribution in [1.29, 1.82) is 0 Å². The van der Waals surface area contributed by atoms with Gasteiger partial charge in [-0.15, -0.1) is 0 Å². The van der Waals surface area contributed by atoms with Gasteiger partial charge in [-0.05, 0) is 54.8 Å². The molecule has 35 heavy (non-hydrogen) atoms. The number of hydrogen-bond acceptors (Lipinski definition) is 5. The van der Waals surface area contributed by atoms with Crippen LogP contribution in [0.3, 0.4) is 0 Å². The molecule has 0 aliphatic carbocycles. The van der Waals surface area contributed by atoms with Gasteiger partial charge in [-0.3, -0.25) is 9.59 Å². The standard InChI is InChI=1S/C26H25Cl2N3O4/c1-2-14-35-19-7-4-17(5-8-19)24(32)22-23(18-6-9-20(27)21(28)15-18)31(26(34)25(22)33)12-3-11-30-13-10-29-16-30/h4-10,13,15-16,23,32H,2-3,11-12,14H2,1H3/t23-/m0/s1. The molecule has 1 aromatic heterocycles. The van der Waals surface area contributed by atoms with E-state index in [9.17, 15) is 14.7 Å². The molecular weight excluding hydrogens is 489 g/mol. The van der Waals surface area contributed by atoms with Crippen LogP contribution in [0.15, 0.2) is 66.8 Å². The number of carbonyl (C=O) groups excluding carboxylic acids is 2. The Labute approximate surface area is 213 Å². The minimum Gasteiger partial charge on any atom is -0.507 e. The lowest BCUT2D eigenvalue weighted by molar-refractivity contribution is -0.139. The van der Waals surface area contributed by atoms with Crippen LogP contribution in [0.25, 0.3) is 5.76 Å². The highest BCUT2D eigenvalue weighted by Crippen LogP contribution is 2.41. The number of nitrogens with zero attached hydrogens (tertiary/aromatic N) is 3. The fraction of sp³-hybridized carbons (Fsp3) is 0.269. The quantitative estimate of drug-likeness (QED) is 0.232. The molecule has 1 amide bonds. The number of ketones is 1. The van der Waals surface area contributed by atoms with Crippen molar-refractivity contribution in [2.45, 2.75) is 32.4 Å². The molecule has 1 atom stereocenters. The largest absolute Gasteiger partial charge is 0.507 e. The van der Waals surface area contributed by atoms with E-state index in [2.05, 4.69) is 4.98 Å². The second-order valence-electron chi connectivity index (χ2n) is 8.19. The first-order valence-electron chi connectivity index (χ1n) is 11.3. The number of likely N-dealkylation sites (tertiary alicyclic amines) is 1. The number of aliphatic hydroxyl groups is 1. The van der Waals surface area contributed by atoms with Gasteiger partial charge in [0.15, 0.2) is 0 Å². The summed E-state index contributed by atoms with van der Waals surface area (Å²) in [6.45, 7) is 3.51. The lowest BCUT2D eigenvalue weighted by atomic mass is 9.95. The van der Waals surface area contributed by atoms with Crippen LogP contribution in [0.1, 0.15) is 36.9 Å². The molecule has 1 saturated heterocycles. The van der Waals surface area contributed by atoms with Gasteiger partial charge < -0.3 is 19.3 Å². The molecule has 1 aliphatic heterocycles. The molecule has 1 fully saturated rings. The Morgan fingerprint density at radius 1 is 1.09 bits per heavy atom. The molecule has 0 spiro atoms. The third kappa shape index (κ3) is 5.36. The van der Waals surface area contributed by atoms with Crippen molar-refractivity contribution in [2.24, 2.45) is 0 Å². The van der Waals surface area contributed by atoms with Crippen molar-refractivity contribution in [3.8, 4) is 5.75 Å². The number of benzene rings is 2. The van der Waals surface area contributed by atoms with E-state index in [1.54, 1.807) is 55.0 Å². The number of Topliss-reactive ketones (excluding diaryl/α,β-unsaturated/α-hetero) is 1. The minimum atomic E-state index is -0.802. The predicted octanol–water partition coefficient (Wildman–Crippen LogP) is 5.49. The summed E-state index contributed by atoms with van der Waals surface area (Å²) in [6, 6.07) is 10.9. The zero-order valence-corrected chi connectivity index (χ0v) is 20.7. The number of amides is 1. The maximum atomic E-state index is 13.2. The van der Waals surface area contributed by atoms with E-state index < -0.39 is 17.7 Å². The Balaban J connectivity index is 1.70.